The Labute approximate surface area is 562 Å². The number of imide groups is 1. The zero-order chi connectivity index (χ0) is 76.1. The van der Waals surface area contributed by atoms with Crippen LogP contribution < -0.4 is 29.6 Å². The predicted octanol–water partition coefficient (Wildman–Crippen LogP) is 13.1. The van der Waals surface area contributed by atoms with E-state index in [2.05, 4.69) is 44.2 Å². The number of benzene rings is 5. The molecule has 29 nitrogen and oxygen atoms in total. The first kappa shape index (κ1) is 90.3. The first-order valence-corrected chi connectivity index (χ1v) is 24.3. The number of carboxylic acids is 1. The maximum atomic E-state index is 13.7. The van der Waals surface area contributed by atoms with Crippen molar-refractivity contribution in [3.63, 3.8) is 0 Å². The molecule has 1 aliphatic rings. The van der Waals surface area contributed by atoms with E-state index in [9.17, 15) is 126 Å². The molecule has 0 saturated carbocycles. The van der Waals surface area contributed by atoms with Gasteiger partial charge in [-0.25, -0.2) is 116 Å². The normalized spacial score (nSPS) is 10.5. The number of rotatable bonds is 14. The summed E-state index contributed by atoms with van der Waals surface area (Å²) in [4.78, 5) is 91.1. The second-order valence-corrected chi connectivity index (χ2v) is 16.4. The fourth-order valence-electron chi connectivity index (χ4n) is 5.95. The molecule has 0 bridgehead atoms. The van der Waals surface area contributed by atoms with Crippen molar-refractivity contribution in [1.29, 1.82) is 0 Å². The van der Waals surface area contributed by atoms with Crippen LogP contribution in [0.2, 0.25) is 0 Å². The molecule has 2 amide bonds. The molecule has 5 aromatic carbocycles. The molecule has 0 atom stereocenters. The van der Waals surface area contributed by atoms with Crippen LogP contribution in [-0.4, -0.2) is 91.7 Å². The molecule has 1 fully saturated rings. The van der Waals surface area contributed by atoms with Gasteiger partial charge in [-0.3, -0.25) is 14.5 Å². The molecule has 526 valence electrons. The van der Waals surface area contributed by atoms with Crippen LogP contribution in [0, 0.1) is 122 Å². The van der Waals surface area contributed by atoms with Gasteiger partial charge in [0.1, 0.15) is 50.6 Å². The summed E-state index contributed by atoms with van der Waals surface area (Å²) < 4.78 is 293. The number of azide groups is 4. The smallest absolute Gasteiger partial charge is 0.477 e. The number of amides is 2. The number of carbonyl (C=O) groups is 7. The van der Waals surface area contributed by atoms with Crippen LogP contribution >= 0.6 is 23.2 Å². The van der Waals surface area contributed by atoms with Crippen LogP contribution in [-0.2, 0) is 33.4 Å². The van der Waals surface area contributed by atoms with Gasteiger partial charge in [0.05, 0.1) is 26.2 Å². The minimum absolute atomic E-state index is 0. The third-order valence-electron chi connectivity index (χ3n) is 10.1. The monoisotopic (exact) mass is 1500 g/mol. The number of halogens is 23. The number of hydrogen-bond donors (Lipinski definition) is 1. The zero-order valence-corrected chi connectivity index (χ0v) is 51.4. The topological polar surface area (TPSA) is 443 Å². The second-order valence-electron chi connectivity index (χ2n) is 15.5. The van der Waals surface area contributed by atoms with E-state index >= 15 is 0 Å². The molecule has 5 aromatic rings. The number of alkyl halides is 2. The van der Waals surface area contributed by atoms with Gasteiger partial charge in [-0.2, -0.15) is 0 Å². The van der Waals surface area contributed by atoms with Gasteiger partial charge in [-0.05, 0) is 22.1 Å². The van der Waals surface area contributed by atoms with Gasteiger partial charge in [0.2, 0.25) is 5.82 Å². The van der Waals surface area contributed by atoms with E-state index in [-0.39, 0.29) is 72.4 Å². The quantitative estimate of drug-likeness (QED) is 0.00879. The summed E-state index contributed by atoms with van der Waals surface area (Å²) in [6, 6.07) is 0. The molecule has 6 rings (SSSR count). The number of methoxy groups -OCH3 is 3. The van der Waals surface area contributed by atoms with Gasteiger partial charge in [0.15, 0.2) is 116 Å². The number of esters is 3. The maximum absolute atomic E-state index is 13.7. The number of carbonyl (C=O) groups excluding carboxylic acids is 6. The number of carboxylic acid groups (broad SMARTS) is 1. The predicted molar refractivity (Wildman–Crippen MR) is 276 cm³/mol. The van der Waals surface area contributed by atoms with Gasteiger partial charge in [-0.1, -0.05) is 20.5 Å². The van der Waals surface area contributed by atoms with Crippen LogP contribution in [0.1, 0.15) is 71.1 Å². The molecule has 0 unspecified atom stereocenters. The molecule has 0 radical (unpaired) electrons. The summed E-state index contributed by atoms with van der Waals surface area (Å²) in [6.45, 7) is -0.0380. The summed E-state index contributed by atoms with van der Waals surface area (Å²) in [5.74, 6) is -54.9. The van der Waals surface area contributed by atoms with E-state index < -0.39 is 214 Å². The summed E-state index contributed by atoms with van der Waals surface area (Å²) in [7, 11) is 2.92. The summed E-state index contributed by atoms with van der Waals surface area (Å²) in [5, 5.41) is 18.2. The van der Waals surface area contributed by atoms with E-state index in [0.717, 1.165) is 14.2 Å². The molecule has 53 heteroatoms. The maximum Gasteiger partial charge on any atom is 1.00 e. The van der Waals surface area contributed by atoms with Crippen molar-refractivity contribution in [2.45, 2.75) is 19.3 Å². The molecule has 0 aromatic heterocycles. The average Bonchev–Trinajstić information content (AvgIpc) is 1.02. The van der Waals surface area contributed by atoms with Gasteiger partial charge in [0, 0.05) is 52.6 Å². The Morgan fingerprint density at radius 2 is 0.626 bits per heavy atom. The van der Waals surface area contributed by atoms with Crippen molar-refractivity contribution in [3.8, 4) is 0 Å². The Balaban J connectivity index is 0. The fourth-order valence-corrected chi connectivity index (χ4v) is 5.95. The Morgan fingerprint density at radius 3 is 0.859 bits per heavy atom. The first-order valence-electron chi connectivity index (χ1n) is 23.3. The van der Waals surface area contributed by atoms with Crippen molar-refractivity contribution in [2.24, 2.45) is 20.5 Å². The van der Waals surface area contributed by atoms with Crippen LogP contribution in [0.4, 0.5) is 115 Å². The van der Waals surface area contributed by atoms with Crippen molar-refractivity contribution in [1.82, 2.24) is 5.06 Å². The summed E-state index contributed by atoms with van der Waals surface area (Å²) in [5.41, 5.74) is 31.1. The average molecular weight is 1500 g/mol. The molecular weight excluding hydrogens is 1480 g/mol. The van der Waals surface area contributed by atoms with E-state index in [1.807, 2.05) is 19.6 Å². The van der Waals surface area contributed by atoms with Crippen molar-refractivity contribution in [2.75, 3.05) is 39.9 Å². The summed E-state index contributed by atoms with van der Waals surface area (Å²) in [6.07, 6.45) is -0.363. The van der Waals surface area contributed by atoms with Crippen molar-refractivity contribution in [3.05, 3.63) is 208 Å². The Bertz CT molecular complexity index is 4030. The largest absolute Gasteiger partial charge is 1.00 e. The van der Waals surface area contributed by atoms with Gasteiger partial charge < -0.3 is 40.0 Å². The van der Waals surface area contributed by atoms with E-state index in [0.29, 0.717) is 0 Å². The fraction of sp³-hybridized carbons (Fsp3) is 0.196. The number of hydrogen-bond acceptors (Lipinski definition) is 16. The SMILES string of the molecule is COC(=O)c1c(F)c(F)c(F)c(F)c1F.COC(=O)c1c(F)c(F)c(N=[N+]=[N-])c(F)c1F.COCCCOC(=O)c1c(F)c(F)c(N=[N+]=[N-])c(F)c1F.ClCCl.[N-]=[N+]=Nc1c(F)c(F)c(C(=O)O)c(F)c1F.[N-]=[N+]=Nc1c(F)c(F)c(C(=O)ON2C(=O)CCC2=O)c(F)c1F.[N-]=[N+]=[N-].[Na+]. The van der Waals surface area contributed by atoms with Crippen molar-refractivity contribution >= 4 is 87.6 Å². The number of aromatic carboxylic acids is 1. The number of nitrogens with zero attached hydrogens (tertiary/aromatic N) is 16. The molecular formula is C46H22Cl2F21N16NaO13. The van der Waals surface area contributed by atoms with Gasteiger partial charge in [0.25, 0.3) is 11.8 Å². The third-order valence-corrected chi connectivity index (χ3v) is 10.1. The third kappa shape index (κ3) is 22.4. The Kier molecular flexibility index (Phi) is 38.9. The van der Waals surface area contributed by atoms with Gasteiger partial charge in [-0.15, -0.1) is 28.3 Å². The van der Waals surface area contributed by atoms with E-state index in [1.165, 1.54) is 12.0 Å². The molecule has 0 aliphatic carbocycles. The Hall–Kier alpha value is -10.8. The Morgan fingerprint density at radius 1 is 0.404 bits per heavy atom. The van der Waals surface area contributed by atoms with E-state index in [4.69, 9.17) is 61.5 Å². The minimum atomic E-state index is -2.32. The first-order chi connectivity index (χ1) is 45.8. The van der Waals surface area contributed by atoms with Crippen LogP contribution in [0.15, 0.2) is 20.5 Å². The standard InChI is InChI=1S/C11H4F4N4O4.C11H9F4N3O3.C8H3F5O2.C8H3F4N3O2.C7HF4N3O2.CH2Cl2.N3.Na/c12-6-5(7(13)9(15)10(8(6)14)17-18-16)11(22)23-19-3(20)1-2-4(19)21;1-20-3-2-4-21-11(19)5-6(12)8(14)10(17-18-16)9(15)7(5)13;1-15-8(14)2-3(9)5(11)7(13)6(12)4(2)10;1-17-8(16)2-3(9)5(11)7(14-15-13)6(12)4(2)10;8-2-1(7(15)16)3(9)5(11)6(4(2)10)13-14-12;2-1-3;1-3-2;/h1-2H2;2-4H2,1H3;1H3;1H3;(H,15,16);1H2;;/q;;;;;;-1;+1. The zero-order valence-electron chi connectivity index (χ0n) is 47.9. The molecule has 1 heterocycles. The molecule has 1 N–H and O–H groups in total. The van der Waals surface area contributed by atoms with Crippen LogP contribution in [0.25, 0.3) is 57.7 Å². The second kappa shape index (κ2) is 42.7. The van der Waals surface area contributed by atoms with Crippen LogP contribution in [0.3, 0.4) is 0 Å². The van der Waals surface area contributed by atoms with Crippen molar-refractivity contribution < 1.29 is 184 Å². The molecule has 1 aliphatic heterocycles. The minimum Gasteiger partial charge on any atom is -0.477 e. The molecule has 1 saturated heterocycles. The van der Waals surface area contributed by atoms with Gasteiger partial charge >= 0.3 is 59.4 Å². The number of hydroxylamine groups is 2. The molecule has 0 spiro atoms. The molecule has 99 heavy (non-hydrogen) atoms. The number of ether oxygens (including phenoxy) is 4. The van der Waals surface area contributed by atoms with Crippen LogP contribution in [0.5, 0.6) is 0 Å². The summed E-state index contributed by atoms with van der Waals surface area (Å²) >= 11 is 9.53. The van der Waals surface area contributed by atoms with E-state index in [1.54, 1.807) is 0 Å².